The molecular formula is C23H25ClN5O3P. The SMILES string of the molecule is C=P(=O)c1ccccc1Nc1nc(Nc2ccc(CN3CCOCC3)cc2OC)ncc1Cl. The number of benzene rings is 2. The second-order valence-electron chi connectivity index (χ2n) is 7.46. The molecule has 0 radical (unpaired) electrons. The second-order valence-corrected chi connectivity index (χ2v) is 9.10. The molecule has 1 aliphatic heterocycles. The van der Waals surface area contributed by atoms with Gasteiger partial charge in [0.1, 0.15) is 18.2 Å². The molecule has 2 heterocycles. The van der Waals surface area contributed by atoms with Gasteiger partial charge >= 0.3 is 0 Å². The van der Waals surface area contributed by atoms with Crippen LogP contribution in [0.15, 0.2) is 48.7 Å². The molecule has 1 fully saturated rings. The van der Waals surface area contributed by atoms with Crippen LogP contribution < -0.4 is 20.7 Å². The largest absolute Gasteiger partial charge is 0.495 e. The van der Waals surface area contributed by atoms with E-state index < -0.39 is 7.42 Å². The zero-order valence-electron chi connectivity index (χ0n) is 18.3. The molecule has 0 amide bonds. The highest BCUT2D eigenvalue weighted by Crippen LogP contribution is 2.30. The molecule has 0 spiro atoms. The van der Waals surface area contributed by atoms with Gasteiger partial charge in [-0.15, -0.1) is 0 Å². The van der Waals surface area contributed by atoms with Gasteiger partial charge in [0.15, 0.2) is 5.82 Å². The second kappa shape index (κ2) is 10.8. The molecule has 10 heteroatoms. The lowest BCUT2D eigenvalue weighted by Crippen LogP contribution is -2.35. The molecule has 0 aliphatic carbocycles. The number of morpholine rings is 1. The number of hydrogen-bond donors (Lipinski definition) is 2. The normalized spacial score (nSPS) is 14.5. The molecule has 1 atom stereocenters. The maximum atomic E-state index is 12.0. The van der Waals surface area contributed by atoms with Gasteiger partial charge < -0.3 is 20.1 Å². The molecule has 33 heavy (non-hydrogen) atoms. The third-order valence-electron chi connectivity index (χ3n) is 5.19. The van der Waals surface area contributed by atoms with Crippen LogP contribution >= 0.6 is 19.0 Å². The molecule has 2 N–H and O–H groups in total. The zero-order valence-corrected chi connectivity index (χ0v) is 19.9. The van der Waals surface area contributed by atoms with E-state index >= 15 is 0 Å². The van der Waals surface area contributed by atoms with Crippen LogP contribution in [-0.4, -0.2) is 54.6 Å². The first-order chi connectivity index (χ1) is 16.0. The van der Waals surface area contributed by atoms with E-state index in [0.717, 1.165) is 44.1 Å². The number of rotatable bonds is 8. The number of hydrogen-bond acceptors (Lipinski definition) is 8. The van der Waals surface area contributed by atoms with Crippen LogP contribution in [0.2, 0.25) is 5.02 Å². The summed E-state index contributed by atoms with van der Waals surface area (Å²) in [6, 6.07) is 13.2. The van der Waals surface area contributed by atoms with Crippen molar-refractivity contribution in [2.45, 2.75) is 6.54 Å². The Morgan fingerprint density at radius 3 is 2.73 bits per heavy atom. The Hall–Kier alpha value is -2.90. The summed E-state index contributed by atoms with van der Waals surface area (Å²) in [7, 11) is -0.147. The third-order valence-corrected chi connectivity index (χ3v) is 6.40. The van der Waals surface area contributed by atoms with E-state index in [2.05, 4.69) is 37.9 Å². The number of aromatic nitrogens is 2. The Kier molecular flexibility index (Phi) is 7.62. The van der Waals surface area contributed by atoms with Crippen LogP contribution in [-0.2, 0) is 15.8 Å². The predicted molar refractivity (Wildman–Crippen MR) is 134 cm³/mol. The summed E-state index contributed by atoms with van der Waals surface area (Å²) in [5.74, 6) is 1.42. The molecule has 1 saturated heterocycles. The Morgan fingerprint density at radius 1 is 1.18 bits per heavy atom. The van der Waals surface area contributed by atoms with Gasteiger partial charge in [-0.25, -0.2) is 4.98 Å². The number of methoxy groups -OCH3 is 1. The topological polar surface area (TPSA) is 88.6 Å². The Balaban J connectivity index is 1.53. The van der Waals surface area contributed by atoms with Gasteiger partial charge in [-0.2, -0.15) is 4.98 Å². The van der Waals surface area contributed by atoms with E-state index in [-0.39, 0.29) is 0 Å². The van der Waals surface area contributed by atoms with Gasteiger partial charge in [0.05, 0.1) is 43.2 Å². The summed E-state index contributed by atoms with van der Waals surface area (Å²) in [5.41, 5.74) is 2.51. The standard InChI is InChI=1S/C23H25ClN5O3P/c1-31-20-13-16(15-29-9-11-32-12-10-29)7-8-18(20)27-23-25-14-17(24)22(28-23)26-19-5-3-4-6-21(19)33(2)30/h3-8,13-14H,2,9-12,15H2,1H3,(H2,25,26,27,28). The molecule has 0 saturated carbocycles. The van der Waals surface area contributed by atoms with Crippen molar-refractivity contribution in [2.75, 3.05) is 44.0 Å². The zero-order chi connectivity index (χ0) is 23.2. The number of anilines is 4. The first-order valence-electron chi connectivity index (χ1n) is 10.4. The molecule has 1 aromatic heterocycles. The summed E-state index contributed by atoms with van der Waals surface area (Å²) < 4.78 is 23.0. The third kappa shape index (κ3) is 5.92. The summed E-state index contributed by atoms with van der Waals surface area (Å²) in [4.78, 5) is 11.1. The molecule has 8 nitrogen and oxygen atoms in total. The molecule has 4 rings (SSSR count). The average Bonchev–Trinajstić information content (AvgIpc) is 2.83. The minimum atomic E-state index is -1.78. The number of ether oxygens (including phenoxy) is 2. The van der Waals surface area contributed by atoms with Crippen LogP contribution in [0.4, 0.5) is 23.1 Å². The van der Waals surface area contributed by atoms with Crippen LogP contribution in [0.1, 0.15) is 5.56 Å². The van der Waals surface area contributed by atoms with Crippen molar-refractivity contribution in [2.24, 2.45) is 0 Å². The van der Waals surface area contributed by atoms with Crippen molar-refractivity contribution in [1.82, 2.24) is 14.9 Å². The van der Waals surface area contributed by atoms with Gasteiger partial charge in [-0.1, -0.05) is 29.8 Å². The summed E-state index contributed by atoms with van der Waals surface area (Å²) >= 11 is 6.31. The number of nitrogens with one attached hydrogen (secondary N) is 2. The van der Waals surface area contributed by atoms with Crippen molar-refractivity contribution < 1.29 is 14.0 Å². The maximum Gasteiger partial charge on any atom is 0.229 e. The summed E-state index contributed by atoms with van der Waals surface area (Å²) in [6.45, 7) is 4.19. The van der Waals surface area contributed by atoms with Gasteiger partial charge in [-0.05, 0) is 36.1 Å². The Labute approximate surface area is 198 Å². The van der Waals surface area contributed by atoms with E-state index in [1.807, 2.05) is 24.3 Å². The molecule has 172 valence electrons. The maximum absolute atomic E-state index is 12.0. The number of nitrogens with zero attached hydrogens (tertiary/aromatic N) is 3. The number of halogens is 1. The van der Waals surface area contributed by atoms with E-state index in [0.29, 0.717) is 33.5 Å². The van der Waals surface area contributed by atoms with Gasteiger partial charge in [0.25, 0.3) is 0 Å². The minimum Gasteiger partial charge on any atom is -0.495 e. The first kappa shape index (κ1) is 23.3. The van der Waals surface area contributed by atoms with Crippen molar-refractivity contribution in [3.8, 4) is 5.75 Å². The van der Waals surface area contributed by atoms with Crippen LogP contribution in [0.3, 0.4) is 0 Å². The van der Waals surface area contributed by atoms with E-state index in [1.165, 1.54) is 6.20 Å². The van der Waals surface area contributed by atoms with E-state index in [4.69, 9.17) is 21.1 Å². The Bertz CT molecular complexity index is 1190. The lowest BCUT2D eigenvalue weighted by molar-refractivity contribution is 0.0342. The van der Waals surface area contributed by atoms with Crippen molar-refractivity contribution in [3.63, 3.8) is 0 Å². The van der Waals surface area contributed by atoms with Gasteiger partial charge in [0, 0.05) is 19.6 Å². The fourth-order valence-electron chi connectivity index (χ4n) is 3.51. The molecule has 1 unspecified atom stereocenters. The molecule has 1 aliphatic rings. The smallest absolute Gasteiger partial charge is 0.229 e. The van der Waals surface area contributed by atoms with E-state index in [9.17, 15) is 4.57 Å². The predicted octanol–water partition coefficient (Wildman–Crippen LogP) is 4.34. The first-order valence-corrected chi connectivity index (χ1v) is 12.3. The summed E-state index contributed by atoms with van der Waals surface area (Å²) in [5, 5.41) is 7.26. The van der Waals surface area contributed by atoms with Crippen molar-refractivity contribution in [3.05, 3.63) is 59.2 Å². The molecular weight excluding hydrogens is 461 g/mol. The van der Waals surface area contributed by atoms with Crippen molar-refractivity contribution >= 4 is 53.8 Å². The highest BCUT2D eigenvalue weighted by atomic mass is 35.5. The van der Waals surface area contributed by atoms with Crippen LogP contribution in [0, 0.1) is 0 Å². The quantitative estimate of drug-likeness (QED) is 0.455. The minimum absolute atomic E-state index is 0.336. The highest BCUT2D eigenvalue weighted by Gasteiger charge is 2.14. The highest BCUT2D eigenvalue weighted by molar-refractivity contribution is 7.52. The monoisotopic (exact) mass is 485 g/mol. The molecule has 0 bridgehead atoms. The molecule has 2 aromatic carbocycles. The number of para-hydroxylation sites is 1. The lowest BCUT2D eigenvalue weighted by atomic mass is 10.1. The Morgan fingerprint density at radius 2 is 1.97 bits per heavy atom. The van der Waals surface area contributed by atoms with Crippen molar-refractivity contribution in [1.29, 1.82) is 0 Å². The average molecular weight is 486 g/mol. The van der Waals surface area contributed by atoms with E-state index in [1.54, 1.807) is 19.2 Å². The van der Waals surface area contributed by atoms with Crippen LogP contribution in [0.5, 0.6) is 5.75 Å². The summed E-state index contributed by atoms with van der Waals surface area (Å²) in [6.07, 6.45) is 5.14. The molecule has 3 aromatic rings. The van der Waals surface area contributed by atoms with Gasteiger partial charge in [-0.3, -0.25) is 9.46 Å². The lowest BCUT2D eigenvalue weighted by Gasteiger charge is -2.26. The van der Waals surface area contributed by atoms with Gasteiger partial charge in [0.2, 0.25) is 5.95 Å². The fraction of sp³-hybridized carbons (Fsp3) is 0.261. The van der Waals surface area contributed by atoms with Crippen LogP contribution in [0.25, 0.3) is 0 Å². The fourth-order valence-corrected chi connectivity index (χ4v) is 4.30.